The predicted molar refractivity (Wildman–Crippen MR) is 84.1 cm³/mol. The molecule has 1 heterocycles. The molecule has 19 heavy (non-hydrogen) atoms. The van der Waals surface area contributed by atoms with Crippen LogP contribution >= 0.6 is 15.9 Å². The molecule has 0 spiro atoms. The Bertz CT molecular complexity index is 465. The molecule has 1 fully saturated rings. The average molecular weight is 325 g/mol. The van der Waals surface area contributed by atoms with Crippen molar-refractivity contribution in [3.05, 3.63) is 28.2 Å². The lowest BCUT2D eigenvalue weighted by Gasteiger charge is -2.38. The van der Waals surface area contributed by atoms with Crippen LogP contribution < -0.4 is 10.6 Å². The van der Waals surface area contributed by atoms with Crippen molar-refractivity contribution < 1.29 is 0 Å². The Morgan fingerprint density at radius 3 is 2.42 bits per heavy atom. The van der Waals surface area contributed by atoms with Gasteiger partial charge in [0.15, 0.2) is 0 Å². The first-order chi connectivity index (χ1) is 8.99. The van der Waals surface area contributed by atoms with Crippen LogP contribution in [-0.2, 0) is 0 Å². The molecule has 0 aromatic heterocycles. The van der Waals surface area contributed by atoms with E-state index in [9.17, 15) is 0 Å². The molecule has 3 N–H and O–H groups in total. The van der Waals surface area contributed by atoms with Gasteiger partial charge in [-0.25, -0.2) is 0 Å². The van der Waals surface area contributed by atoms with Crippen LogP contribution in [0, 0.1) is 5.41 Å². The van der Waals surface area contributed by atoms with Gasteiger partial charge in [0.05, 0.1) is 0 Å². The molecule has 5 heteroatoms. The summed E-state index contributed by atoms with van der Waals surface area (Å²) >= 11 is 3.44. The van der Waals surface area contributed by atoms with Gasteiger partial charge in [0.2, 0.25) is 0 Å². The zero-order valence-electron chi connectivity index (χ0n) is 11.5. The fraction of sp³-hybridized carbons (Fsp3) is 0.500. The van der Waals surface area contributed by atoms with Crippen molar-refractivity contribution >= 4 is 27.5 Å². The van der Waals surface area contributed by atoms with Gasteiger partial charge in [0.1, 0.15) is 5.84 Å². The van der Waals surface area contributed by atoms with Gasteiger partial charge < -0.3 is 10.6 Å². The van der Waals surface area contributed by atoms with Gasteiger partial charge in [-0.1, -0.05) is 15.9 Å². The van der Waals surface area contributed by atoms with E-state index in [4.69, 9.17) is 11.1 Å². The third-order valence-electron chi connectivity index (χ3n) is 3.63. The number of benzene rings is 1. The first-order valence-electron chi connectivity index (χ1n) is 6.62. The molecule has 0 saturated carbocycles. The van der Waals surface area contributed by atoms with Crippen LogP contribution in [0.1, 0.15) is 19.4 Å². The largest absolute Gasteiger partial charge is 0.384 e. The van der Waals surface area contributed by atoms with Gasteiger partial charge in [0, 0.05) is 47.9 Å². The van der Waals surface area contributed by atoms with E-state index in [1.165, 1.54) is 0 Å². The van der Waals surface area contributed by atoms with E-state index in [1.807, 2.05) is 18.2 Å². The van der Waals surface area contributed by atoms with Crippen molar-refractivity contribution in [2.24, 2.45) is 5.73 Å². The molecule has 0 bridgehead atoms. The molecular formula is C14H21BrN4. The number of halogens is 1. The lowest BCUT2D eigenvalue weighted by molar-refractivity contribution is 0.209. The van der Waals surface area contributed by atoms with Crippen LogP contribution in [0.15, 0.2) is 22.7 Å². The topological polar surface area (TPSA) is 56.4 Å². The van der Waals surface area contributed by atoms with E-state index in [1.54, 1.807) is 0 Å². The maximum absolute atomic E-state index is 7.72. The number of nitrogens with one attached hydrogen (secondary N) is 1. The molecule has 1 aliphatic heterocycles. The van der Waals surface area contributed by atoms with Gasteiger partial charge in [-0.3, -0.25) is 10.3 Å². The van der Waals surface area contributed by atoms with E-state index in [0.717, 1.165) is 41.9 Å². The highest BCUT2D eigenvalue weighted by molar-refractivity contribution is 9.10. The summed E-state index contributed by atoms with van der Waals surface area (Å²) in [5.41, 5.74) is 7.57. The fourth-order valence-corrected chi connectivity index (χ4v) is 2.84. The highest BCUT2D eigenvalue weighted by atomic mass is 79.9. The standard InChI is InChI=1S/C14H21BrN4/c1-10(2)18-5-7-19(8-6-18)13-4-3-11(15)9-12(13)14(16)17/h3-4,9-10H,5-8H2,1-2H3,(H3,16,17). The second kappa shape index (κ2) is 5.92. The fourth-order valence-electron chi connectivity index (χ4n) is 2.48. The third kappa shape index (κ3) is 3.28. The number of hydrogen-bond acceptors (Lipinski definition) is 3. The summed E-state index contributed by atoms with van der Waals surface area (Å²) in [4.78, 5) is 4.80. The Hall–Kier alpha value is -1.07. The lowest BCUT2D eigenvalue weighted by Crippen LogP contribution is -2.49. The summed E-state index contributed by atoms with van der Waals surface area (Å²) < 4.78 is 0.960. The number of nitrogen functional groups attached to an aromatic ring is 1. The highest BCUT2D eigenvalue weighted by Gasteiger charge is 2.21. The number of rotatable bonds is 3. The van der Waals surface area contributed by atoms with Crippen LogP contribution in [0.3, 0.4) is 0 Å². The quantitative estimate of drug-likeness (QED) is 0.662. The number of nitrogens with zero attached hydrogens (tertiary/aromatic N) is 2. The van der Waals surface area contributed by atoms with Crippen LogP contribution in [-0.4, -0.2) is 43.0 Å². The minimum absolute atomic E-state index is 0.127. The van der Waals surface area contributed by atoms with Crippen molar-refractivity contribution in [3.63, 3.8) is 0 Å². The van der Waals surface area contributed by atoms with E-state index >= 15 is 0 Å². The van der Waals surface area contributed by atoms with Gasteiger partial charge >= 0.3 is 0 Å². The van der Waals surface area contributed by atoms with E-state index < -0.39 is 0 Å². The number of anilines is 1. The predicted octanol–water partition coefficient (Wildman–Crippen LogP) is 2.26. The SMILES string of the molecule is CC(C)N1CCN(c2ccc(Br)cc2C(=N)N)CC1. The number of nitrogens with two attached hydrogens (primary N) is 1. The smallest absolute Gasteiger partial charge is 0.124 e. The Kier molecular flexibility index (Phi) is 4.47. The Balaban J connectivity index is 2.17. The van der Waals surface area contributed by atoms with Crippen molar-refractivity contribution in [1.29, 1.82) is 5.41 Å². The molecule has 0 aliphatic carbocycles. The molecule has 0 amide bonds. The molecule has 1 aliphatic rings. The van der Waals surface area contributed by atoms with Crippen LogP contribution in [0.4, 0.5) is 5.69 Å². The van der Waals surface area contributed by atoms with E-state index in [2.05, 4.69) is 39.6 Å². The monoisotopic (exact) mass is 324 g/mol. The van der Waals surface area contributed by atoms with Crippen molar-refractivity contribution in [2.75, 3.05) is 31.1 Å². The Morgan fingerprint density at radius 2 is 1.89 bits per heavy atom. The molecule has 1 saturated heterocycles. The maximum Gasteiger partial charge on any atom is 0.124 e. The number of amidine groups is 1. The van der Waals surface area contributed by atoms with Crippen LogP contribution in [0.5, 0.6) is 0 Å². The minimum atomic E-state index is 0.127. The molecule has 0 atom stereocenters. The average Bonchev–Trinajstić information content (AvgIpc) is 2.38. The van der Waals surface area contributed by atoms with Gasteiger partial charge in [-0.05, 0) is 32.0 Å². The van der Waals surface area contributed by atoms with E-state index in [-0.39, 0.29) is 5.84 Å². The second-order valence-electron chi connectivity index (χ2n) is 5.19. The third-order valence-corrected chi connectivity index (χ3v) is 4.13. The van der Waals surface area contributed by atoms with Crippen molar-refractivity contribution in [2.45, 2.75) is 19.9 Å². The second-order valence-corrected chi connectivity index (χ2v) is 6.11. The number of hydrogen-bond donors (Lipinski definition) is 2. The first kappa shape index (κ1) is 14.3. The Labute approximate surface area is 123 Å². The normalized spacial score (nSPS) is 16.9. The van der Waals surface area contributed by atoms with Crippen molar-refractivity contribution in [1.82, 2.24) is 4.90 Å². The molecule has 1 aromatic rings. The van der Waals surface area contributed by atoms with E-state index in [0.29, 0.717) is 6.04 Å². The summed E-state index contributed by atoms with van der Waals surface area (Å²) in [5.74, 6) is 0.127. The molecule has 4 nitrogen and oxygen atoms in total. The molecule has 0 radical (unpaired) electrons. The highest BCUT2D eigenvalue weighted by Crippen LogP contribution is 2.25. The summed E-state index contributed by atoms with van der Waals surface area (Å²) in [6.07, 6.45) is 0. The summed E-state index contributed by atoms with van der Waals surface area (Å²) in [6.45, 7) is 8.56. The summed E-state index contributed by atoms with van der Waals surface area (Å²) in [6, 6.07) is 6.58. The van der Waals surface area contributed by atoms with Crippen LogP contribution in [0.2, 0.25) is 0 Å². The molecule has 2 rings (SSSR count). The maximum atomic E-state index is 7.72. The van der Waals surface area contributed by atoms with Gasteiger partial charge in [-0.2, -0.15) is 0 Å². The Morgan fingerprint density at radius 1 is 1.26 bits per heavy atom. The lowest BCUT2D eigenvalue weighted by atomic mass is 10.1. The zero-order chi connectivity index (χ0) is 14.0. The molecule has 1 aromatic carbocycles. The molecule has 0 unspecified atom stereocenters. The summed E-state index contributed by atoms with van der Waals surface area (Å²) in [5, 5.41) is 7.72. The minimum Gasteiger partial charge on any atom is -0.384 e. The van der Waals surface area contributed by atoms with Gasteiger partial charge in [-0.15, -0.1) is 0 Å². The number of piperazine rings is 1. The molecular weight excluding hydrogens is 304 g/mol. The zero-order valence-corrected chi connectivity index (χ0v) is 13.1. The van der Waals surface area contributed by atoms with Crippen LogP contribution in [0.25, 0.3) is 0 Å². The van der Waals surface area contributed by atoms with Crippen molar-refractivity contribution in [3.8, 4) is 0 Å². The van der Waals surface area contributed by atoms with Gasteiger partial charge in [0.25, 0.3) is 0 Å². The summed E-state index contributed by atoms with van der Waals surface area (Å²) in [7, 11) is 0. The molecule has 104 valence electrons. The first-order valence-corrected chi connectivity index (χ1v) is 7.41.